The van der Waals surface area contributed by atoms with E-state index in [4.69, 9.17) is 4.52 Å². The lowest BCUT2D eigenvalue weighted by molar-refractivity contribution is -0.185. The maximum Gasteiger partial charge on any atom is 0.401 e. The largest absolute Gasteiger partial charge is 0.401 e. The summed E-state index contributed by atoms with van der Waals surface area (Å²) in [6.07, 6.45) is 3.36. The second-order valence-electron chi connectivity index (χ2n) is 8.72. The molecule has 0 unspecified atom stereocenters. The molecule has 4 heterocycles. The summed E-state index contributed by atoms with van der Waals surface area (Å²) < 4.78 is 46.6. The molecule has 0 atom stereocenters. The van der Waals surface area contributed by atoms with E-state index in [1.165, 1.54) is 0 Å². The van der Waals surface area contributed by atoms with Gasteiger partial charge in [-0.3, -0.25) is 14.2 Å². The van der Waals surface area contributed by atoms with Crippen LogP contribution in [0.4, 0.5) is 24.7 Å². The van der Waals surface area contributed by atoms with Gasteiger partial charge >= 0.3 is 6.18 Å². The number of aromatic nitrogens is 4. The fourth-order valence-electron chi connectivity index (χ4n) is 3.92. The minimum absolute atomic E-state index is 0.0750. The Labute approximate surface area is 192 Å². The van der Waals surface area contributed by atoms with Crippen LogP contribution in [0.25, 0.3) is 5.65 Å². The third-order valence-corrected chi connectivity index (χ3v) is 6.16. The molecule has 0 saturated carbocycles. The lowest BCUT2D eigenvalue weighted by atomic mass is 9.89. The molecule has 176 valence electrons. The third-order valence-electron chi connectivity index (χ3n) is 6.16. The normalized spacial score (nSPS) is 14.0. The lowest BCUT2D eigenvalue weighted by Gasteiger charge is -2.24. The maximum atomic E-state index is 13.3. The number of fused-ring (bicyclic) bond motifs is 2. The molecule has 3 aromatic heterocycles. The first-order valence-electron chi connectivity index (χ1n) is 10.6. The van der Waals surface area contributed by atoms with Crippen LogP contribution in [0.2, 0.25) is 0 Å². The van der Waals surface area contributed by atoms with Crippen molar-refractivity contribution in [2.75, 3.05) is 16.8 Å². The van der Waals surface area contributed by atoms with Crippen LogP contribution in [0.15, 0.2) is 53.6 Å². The molecular weight excluding hydrogens is 449 g/mol. The average molecular weight is 470 g/mol. The Bertz CT molecular complexity index is 1370. The number of amides is 1. The van der Waals surface area contributed by atoms with Gasteiger partial charge in [-0.05, 0) is 38.0 Å². The van der Waals surface area contributed by atoms with E-state index in [1.807, 2.05) is 16.7 Å². The van der Waals surface area contributed by atoms with Crippen molar-refractivity contribution in [1.82, 2.24) is 19.5 Å². The molecule has 11 heteroatoms. The van der Waals surface area contributed by atoms with E-state index in [9.17, 15) is 18.0 Å². The predicted molar refractivity (Wildman–Crippen MR) is 118 cm³/mol. The Morgan fingerprint density at radius 3 is 2.82 bits per heavy atom. The second kappa shape index (κ2) is 7.86. The molecule has 34 heavy (non-hydrogen) atoms. The monoisotopic (exact) mass is 470 g/mol. The molecule has 0 saturated heterocycles. The number of anilines is 2. The van der Waals surface area contributed by atoms with Crippen molar-refractivity contribution in [2.45, 2.75) is 38.4 Å². The van der Waals surface area contributed by atoms with Crippen LogP contribution >= 0.6 is 0 Å². The smallest absolute Gasteiger partial charge is 0.365 e. The van der Waals surface area contributed by atoms with Gasteiger partial charge in [-0.25, -0.2) is 4.98 Å². The van der Waals surface area contributed by atoms with Crippen LogP contribution < -0.4 is 10.2 Å². The van der Waals surface area contributed by atoms with Gasteiger partial charge in [0, 0.05) is 36.3 Å². The summed E-state index contributed by atoms with van der Waals surface area (Å²) >= 11 is 0. The van der Waals surface area contributed by atoms with E-state index in [-0.39, 0.29) is 11.6 Å². The van der Waals surface area contributed by atoms with Crippen molar-refractivity contribution >= 4 is 23.1 Å². The van der Waals surface area contributed by atoms with Crippen molar-refractivity contribution in [3.05, 3.63) is 71.6 Å². The summed E-state index contributed by atoms with van der Waals surface area (Å²) in [6.45, 7) is 3.38. The van der Waals surface area contributed by atoms with Crippen molar-refractivity contribution < 1.29 is 22.5 Å². The van der Waals surface area contributed by atoms with Crippen molar-refractivity contribution in [1.29, 1.82) is 0 Å². The number of hydrogen-bond donors (Lipinski definition) is 1. The Morgan fingerprint density at radius 2 is 2.03 bits per heavy atom. The quantitative estimate of drug-likeness (QED) is 0.466. The topological polar surface area (TPSA) is 88.6 Å². The summed E-state index contributed by atoms with van der Waals surface area (Å²) in [5, 5.41) is 6.12. The summed E-state index contributed by atoms with van der Waals surface area (Å²) in [4.78, 5) is 23.4. The molecular formula is C23H21F3N6O2. The SMILES string of the molecule is CC(C)(c1cc(NC(=O)c2ccc3c(c2)N(Cc2cnc4cnccn24)CC3)no1)C(F)(F)F. The van der Waals surface area contributed by atoms with Gasteiger partial charge in [0.15, 0.2) is 17.2 Å². The Kier molecular flexibility index (Phi) is 5.07. The molecule has 0 radical (unpaired) electrons. The highest BCUT2D eigenvalue weighted by Crippen LogP contribution is 2.41. The molecule has 5 rings (SSSR count). The van der Waals surface area contributed by atoms with Gasteiger partial charge in [0.25, 0.3) is 5.91 Å². The second-order valence-corrected chi connectivity index (χ2v) is 8.72. The van der Waals surface area contributed by atoms with Crippen molar-refractivity contribution in [2.24, 2.45) is 0 Å². The number of carbonyl (C=O) groups excluding carboxylic acids is 1. The van der Waals surface area contributed by atoms with Gasteiger partial charge in [-0.15, -0.1) is 0 Å². The Hall–Kier alpha value is -3.89. The minimum atomic E-state index is -4.52. The summed E-state index contributed by atoms with van der Waals surface area (Å²) in [5.41, 5.74) is 1.92. The Balaban J connectivity index is 1.34. The van der Waals surface area contributed by atoms with Gasteiger partial charge in [-0.1, -0.05) is 11.2 Å². The zero-order chi connectivity index (χ0) is 24.1. The number of halogens is 3. The van der Waals surface area contributed by atoms with Crippen LogP contribution in [0, 0.1) is 0 Å². The van der Waals surface area contributed by atoms with Gasteiger partial charge in [0.1, 0.15) is 5.41 Å². The number of imidazole rings is 1. The molecule has 1 aliphatic rings. The number of carbonyl (C=O) groups is 1. The fraction of sp³-hybridized carbons (Fsp3) is 0.304. The number of rotatable bonds is 5. The molecule has 8 nitrogen and oxygen atoms in total. The van der Waals surface area contributed by atoms with Gasteiger partial charge < -0.3 is 14.7 Å². The lowest BCUT2D eigenvalue weighted by Crippen LogP contribution is -2.35. The van der Waals surface area contributed by atoms with Crippen LogP contribution in [0.1, 0.15) is 41.2 Å². The highest BCUT2D eigenvalue weighted by atomic mass is 19.4. The molecule has 0 aliphatic carbocycles. The molecule has 1 N–H and O–H groups in total. The number of hydrogen-bond acceptors (Lipinski definition) is 6. The predicted octanol–water partition coefficient (Wildman–Crippen LogP) is 4.37. The summed E-state index contributed by atoms with van der Waals surface area (Å²) in [7, 11) is 0. The molecule has 1 aromatic carbocycles. The van der Waals surface area contributed by atoms with Gasteiger partial charge in [-0.2, -0.15) is 13.2 Å². The highest BCUT2D eigenvalue weighted by Gasteiger charge is 2.51. The Morgan fingerprint density at radius 1 is 1.21 bits per heavy atom. The number of benzene rings is 1. The number of nitrogens with zero attached hydrogens (tertiary/aromatic N) is 5. The first-order chi connectivity index (χ1) is 16.1. The molecule has 0 fully saturated rings. The van der Waals surface area contributed by atoms with E-state index in [0.717, 1.165) is 55.5 Å². The van der Waals surface area contributed by atoms with Crippen LogP contribution in [-0.4, -0.2) is 38.2 Å². The first-order valence-corrected chi connectivity index (χ1v) is 10.6. The molecule has 4 aromatic rings. The van der Waals surface area contributed by atoms with E-state index in [0.29, 0.717) is 12.1 Å². The average Bonchev–Trinajstić information content (AvgIpc) is 3.52. The summed E-state index contributed by atoms with van der Waals surface area (Å²) in [5.74, 6) is -0.937. The van der Waals surface area contributed by atoms with Crippen molar-refractivity contribution in [3.8, 4) is 0 Å². The first kappa shape index (κ1) is 21.9. The molecule has 0 spiro atoms. The fourth-order valence-corrected chi connectivity index (χ4v) is 3.92. The number of nitrogens with one attached hydrogen (secondary N) is 1. The summed E-state index contributed by atoms with van der Waals surface area (Å²) in [6, 6.07) is 6.47. The van der Waals surface area contributed by atoms with Crippen molar-refractivity contribution in [3.63, 3.8) is 0 Å². The maximum absolute atomic E-state index is 13.3. The minimum Gasteiger partial charge on any atom is -0.365 e. The zero-order valence-corrected chi connectivity index (χ0v) is 18.4. The molecule has 0 bridgehead atoms. The van der Waals surface area contributed by atoms with Gasteiger partial charge in [0.05, 0.1) is 24.6 Å². The highest BCUT2D eigenvalue weighted by molar-refractivity contribution is 6.04. The standard InChI is InChI=1S/C23H21F3N6O2/c1-22(2,23(24,25)26)18-10-19(30-34-18)29-21(33)15-4-3-14-5-7-31(17(14)9-15)13-16-11-28-20-12-27-6-8-32(16)20/h3-4,6,8-12H,5,7,13H2,1-2H3,(H,29,30,33). The van der Waals surface area contributed by atoms with Crippen LogP contribution in [0.3, 0.4) is 0 Å². The molecule has 1 aliphatic heterocycles. The third kappa shape index (κ3) is 3.76. The van der Waals surface area contributed by atoms with E-state index in [2.05, 4.69) is 25.3 Å². The zero-order valence-electron chi connectivity index (χ0n) is 18.4. The van der Waals surface area contributed by atoms with E-state index < -0.39 is 17.5 Å². The molecule has 1 amide bonds. The number of alkyl halides is 3. The van der Waals surface area contributed by atoms with Gasteiger partial charge in [0.2, 0.25) is 0 Å². The van der Waals surface area contributed by atoms with Crippen LogP contribution in [-0.2, 0) is 18.4 Å². The van der Waals surface area contributed by atoms with E-state index in [1.54, 1.807) is 30.7 Å². The van der Waals surface area contributed by atoms with E-state index >= 15 is 0 Å². The van der Waals surface area contributed by atoms with Crippen LogP contribution in [0.5, 0.6) is 0 Å².